The third-order valence-corrected chi connectivity index (χ3v) is 3.00. The van der Waals surface area contributed by atoms with E-state index in [1.54, 1.807) is 0 Å². The van der Waals surface area contributed by atoms with Gasteiger partial charge < -0.3 is 5.32 Å². The molecule has 0 saturated heterocycles. The molecule has 0 unspecified atom stereocenters. The van der Waals surface area contributed by atoms with E-state index in [0.717, 1.165) is 35.7 Å². The van der Waals surface area contributed by atoms with Crippen LogP contribution >= 0.6 is 0 Å². The maximum atomic E-state index is 4.62. The summed E-state index contributed by atoms with van der Waals surface area (Å²) in [6.07, 6.45) is 0.808. The van der Waals surface area contributed by atoms with Gasteiger partial charge in [-0.3, -0.25) is 0 Å². The molecule has 0 aliphatic carbocycles. The molecule has 3 rings (SSSR count). The van der Waals surface area contributed by atoms with Gasteiger partial charge in [-0.2, -0.15) is 9.61 Å². The van der Waals surface area contributed by atoms with Crippen molar-refractivity contribution in [1.82, 2.24) is 25.1 Å². The molecule has 0 radical (unpaired) electrons. The Hall–Kier alpha value is -2.27. The first-order valence-corrected chi connectivity index (χ1v) is 6.30. The van der Waals surface area contributed by atoms with Gasteiger partial charge in [0.05, 0.1) is 5.69 Å². The van der Waals surface area contributed by atoms with Crippen molar-refractivity contribution in [2.75, 3.05) is 13.6 Å². The minimum absolute atomic E-state index is 0.783. The molecule has 2 heterocycles. The van der Waals surface area contributed by atoms with Gasteiger partial charge in [0, 0.05) is 18.5 Å². The molecule has 0 fully saturated rings. The Kier molecular flexibility index (Phi) is 3.20. The second kappa shape index (κ2) is 5.16. The van der Waals surface area contributed by atoms with E-state index in [9.17, 15) is 0 Å². The van der Waals surface area contributed by atoms with Crippen LogP contribution < -0.4 is 5.32 Å². The standard InChI is InChI=1S/C14H15N5/c1-15-10-9-14-17-16-13-8-7-12(18-19(13)14)11-5-3-2-4-6-11/h2-8,15H,9-10H2,1H3. The lowest BCUT2D eigenvalue weighted by Crippen LogP contribution is -2.13. The average molecular weight is 253 g/mol. The van der Waals surface area contributed by atoms with Crippen molar-refractivity contribution in [2.45, 2.75) is 6.42 Å². The van der Waals surface area contributed by atoms with Crippen LogP contribution in [0.25, 0.3) is 16.9 Å². The lowest BCUT2D eigenvalue weighted by Gasteiger charge is -2.03. The molecule has 0 aliphatic heterocycles. The van der Waals surface area contributed by atoms with E-state index in [0.29, 0.717) is 0 Å². The lowest BCUT2D eigenvalue weighted by atomic mass is 10.1. The van der Waals surface area contributed by atoms with Crippen LogP contribution in [-0.2, 0) is 6.42 Å². The largest absolute Gasteiger partial charge is 0.319 e. The van der Waals surface area contributed by atoms with Crippen LogP contribution in [0.4, 0.5) is 0 Å². The smallest absolute Gasteiger partial charge is 0.177 e. The number of hydrogen-bond donors (Lipinski definition) is 1. The number of rotatable bonds is 4. The van der Waals surface area contributed by atoms with Crippen molar-refractivity contribution in [3.8, 4) is 11.3 Å². The van der Waals surface area contributed by atoms with Crippen LogP contribution in [0.15, 0.2) is 42.5 Å². The Morgan fingerprint density at radius 1 is 1.05 bits per heavy atom. The first-order valence-electron chi connectivity index (χ1n) is 6.30. The highest BCUT2D eigenvalue weighted by Crippen LogP contribution is 2.16. The zero-order valence-corrected chi connectivity index (χ0v) is 10.7. The van der Waals surface area contributed by atoms with E-state index in [-0.39, 0.29) is 0 Å². The van der Waals surface area contributed by atoms with Crippen LogP contribution in [0.3, 0.4) is 0 Å². The Labute approximate surface area is 111 Å². The lowest BCUT2D eigenvalue weighted by molar-refractivity contribution is 0.726. The maximum absolute atomic E-state index is 4.62. The quantitative estimate of drug-likeness (QED) is 0.766. The van der Waals surface area contributed by atoms with Crippen LogP contribution in [0.5, 0.6) is 0 Å². The molecule has 2 aromatic heterocycles. The minimum atomic E-state index is 0.783. The third kappa shape index (κ3) is 2.32. The highest BCUT2D eigenvalue weighted by molar-refractivity contribution is 5.59. The summed E-state index contributed by atoms with van der Waals surface area (Å²) < 4.78 is 1.82. The van der Waals surface area contributed by atoms with E-state index in [2.05, 4.69) is 20.6 Å². The predicted octanol–water partition coefficient (Wildman–Crippen LogP) is 1.55. The van der Waals surface area contributed by atoms with Crippen molar-refractivity contribution >= 4 is 5.65 Å². The van der Waals surface area contributed by atoms with Gasteiger partial charge in [0.2, 0.25) is 0 Å². The number of nitrogens with zero attached hydrogens (tertiary/aromatic N) is 4. The molecule has 3 aromatic rings. The van der Waals surface area contributed by atoms with Crippen LogP contribution in [0.1, 0.15) is 5.82 Å². The van der Waals surface area contributed by atoms with Gasteiger partial charge in [-0.1, -0.05) is 30.3 Å². The van der Waals surface area contributed by atoms with Crippen molar-refractivity contribution in [2.24, 2.45) is 0 Å². The third-order valence-electron chi connectivity index (χ3n) is 3.00. The van der Waals surface area contributed by atoms with E-state index in [1.165, 1.54) is 0 Å². The van der Waals surface area contributed by atoms with Crippen molar-refractivity contribution < 1.29 is 0 Å². The summed E-state index contributed by atoms with van der Waals surface area (Å²) >= 11 is 0. The Bertz CT molecular complexity index is 675. The van der Waals surface area contributed by atoms with E-state index >= 15 is 0 Å². The fourth-order valence-corrected chi connectivity index (χ4v) is 1.99. The van der Waals surface area contributed by atoms with Crippen molar-refractivity contribution in [1.29, 1.82) is 0 Å². The van der Waals surface area contributed by atoms with Gasteiger partial charge >= 0.3 is 0 Å². The van der Waals surface area contributed by atoms with Gasteiger partial charge in [0.1, 0.15) is 0 Å². The number of benzene rings is 1. The molecule has 5 nitrogen and oxygen atoms in total. The molecule has 1 N–H and O–H groups in total. The predicted molar refractivity (Wildman–Crippen MR) is 73.8 cm³/mol. The summed E-state index contributed by atoms with van der Waals surface area (Å²) in [5, 5.41) is 16.0. The monoisotopic (exact) mass is 253 g/mol. The van der Waals surface area contributed by atoms with Crippen LogP contribution in [0, 0.1) is 0 Å². The molecule has 0 spiro atoms. The van der Waals surface area contributed by atoms with E-state index in [1.807, 2.05) is 54.0 Å². The summed E-state index contributed by atoms with van der Waals surface area (Å²) in [7, 11) is 1.92. The summed E-state index contributed by atoms with van der Waals surface area (Å²) in [5.41, 5.74) is 2.81. The number of hydrogen-bond acceptors (Lipinski definition) is 4. The fourth-order valence-electron chi connectivity index (χ4n) is 1.99. The molecule has 0 saturated carbocycles. The van der Waals surface area contributed by atoms with Gasteiger partial charge in [0.15, 0.2) is 11.5 Å². The Morgan fingerprint density at radius 2 is 1.89 bits per heavy atom. The second-order valence-electron chi connectivity index (χ2n) is 4.32. The summed E-state index contributed by atoms with van der Waals surface area (Å²) in [6.45, 7) is 0.859. The Balaban J connectivity index is 2.04. The number of nitrogens with one attached hydrogen (secondary N) is 1. The first-order chi connectivity index (χ1) is 9.38. The average Bonchev–Trinajstić information content (AvgIpc) is 2.88. The van der Waals surface area contributed by atoms with Crippen molar-refractivity contribution in [3.05, 3.63) is 48.3 Å². The highest BCUT2D eigenvalue weighted by atomic mass is 15.4. The number of fused-ring (bicyclic) bond motifs is 1. The topological polar surface area (TPSA) is 55.1 Å². The van der Waals surface area contributed by atoms with Gasteiger partial charge in [0.25, 0.3) is 0 Å². The minimum Gasteiger partial charge on any atom is -0.319 e. The molecule has 96 valence electrons. The first kappa shape index (κ1) is 11.8. The zero-order valence-electron chi connectivity index (χ0n) is 10.7. The summed E-state index contributed by atoms with van der Waals surface area (Å²) in [5.74, 6) is 0.877. The fraction of sp³-hybridized carbons (Fsp3) is 0.214. The molecule has 1 aromatic carbocycles. The van der Waals surface area contributed by atoms with Crippen LogP contribution in [0.2, 0.25) is 0 Å². The molecule has 0 aliphatic rings. The van der Waals surface area contributed by atoms with Gasteiger partial charge in [-0.05, 0) is 19.2 Å². The normalized spacial score (nSPS) is 11.0. The summed E-state index contributed by atoms with van der Waals surface area (Å²) in [4.78, 5) is 0. The number of likely N-dealkylation sites (N-methyl/N-ethyl adjacent to an activating group) is 1. The second-order valence-corrected chi connectivity index (χ2v) is 4.32. The van der Waals surface area contributed by atoms with Gasteiger partial charge in [-0.15, -0.1) is 10.2 Å². The molecule has 0 amide bonds. The van der Waals surface area contributed by atoms with Crippen LogP contribution in [-0.4, -0.2) is 33.4 Å². The maximum Gasteiger partial charge on any atom is 0.177 e. The number of aromatic nitrogens is 4. The molecule has 0 atom stereocenters. The highest BCUT2D eigenvalue weighted by Gasteiger charge is 2.07. The molecular weight excluding hydrogens is 238 g/mol. The molecule has 19 heavy (non-hydrogen) atoms. The SMILES string of the molecule is CNCCc1nnc2ccc(-c3ccccc3)nn12. The summed E-state index contributed by atoms with van der Waals surface area (Å²) in [6, 6.07) is 14.0. The Morgan fingerprint density at radius 3 is 2.68 bits per heavy atom. The molecule has 0 bridgehead atoms. The molecule has 5 heteroatoms. The van der Waals surface area contributed by atoms with E-state index < -0.39 is 0 Å². The zero-order chi connectivity index (χ0) is 13.1. The van der Waals surface area contributed by atoms with E-state index in [4.69, 9.17) is 0 Å². The van der Waals surface area contributed by atoms with Gasteiger partial charge in [-0.25, -0.2) is 0 Å². The van der Waals surface area contributed by atoms with Crippen molar-refractivity contribution in [3.63, 3.8) is 0 Å². The molecular formula is C14H15N5.